The smallest absolute Gasteiger partial charge is 0.107 e. The lowest BCUT2D eigenvalue weighted by atomic mass is 10.1. The van der Waals surface area contributed by atoms with Crippen LogP contribution in [0.3, 0.4) is 0 Å². The van der Waals surface area contributed by atoms with Gasteiger partial charge in [-0.25, -0.2) is 0 Å². The number of nitrogens with one attached hydrogen (secondary N) is 1. The average Bonchev–Trinajstić information content (AvgIpc) is 2.39. The predicted molar refractivity (Wildman–Crippen MR) is 83.8 cm³/mol. The summed E-state index contributed by atoms with van der Waals surface area (Å²) in [4.78, 5) is 1.50. The number of anilines is 2. The van der Waals surface area contributed by atoms with Gasteiger partial charge in [0.2, 0.25) is 0 Å². The Morgan fingerprint density at radius 1 is 1.11 bits per heavy atom. The van der Waals surface area contributed by atoms with Crippen molar-refractivity contribution < 1.29 is 0 Å². The van der Waals surface area contributed by atoms with Crippen molar-refractivity contribution in [3.05, 3.63) is 54.1 Å². The number of thiocarbonyl (C=S) groups is 1. The van der Waals surface area contributed by atoms with Gasteiger partial charge in [0.15, 0.2) is 0 Å². The first kappa shape index (κ1) is 12.9. The minimum atomic E-state index is 0.415. The van der Waals surface area contributed by atoms with Crippen LogP contribution in [0.15, 0.2) is 53.4 Å². The molecule has 2 nitrogen and oxygen atoms in total. The second kappa shape index (κ2) is 5.89. The largest absolute Gasteiger partial charge is 0.389 e. The summed E-state index contributed by atoms with van der Waals surface area (Å²) in [6.45, 7) is 0. The molecule has 0 aliphatic rings. The van der Waals surface area contributed by atoms with Crippen LogP contribution in [0.2, 0.25) is 0 Å². The van der Waals surface area contributed by atoms with Crippen molar-refractivity contribution in [2.75, 3.05) is 11.6 Å². The van der Waals surface area contributed by atoms with Gasteiger partial charge in [0, 0.05) is 21.8 Å². The van der Waals surface area contributed by atoms with Crippen molar-refractivity contribution in [3.8, 4) is 0 Å². The van der Waals surface area contributed by atoms with Crippen LogP contribution in [0.1, 0.15) is 5.56 Å². The molecule has 0 bridgehead atoms. The lowest BCUT2D eigenvalue weighted by Gasteiger charge is -2.14. The number of nitrogens with two attached hydrogens (primary N) is 1. The molecule has 0 aliphatic heterocycles. The first-order valence-electron chi connectivity index (χ1n) is 5.51. The average molecular weight is 274 g/mol. The van der Waals surface area contributed by atoms with E-state index < -0.39 is 0 Å². The highest BCUT2D eigenvalue weighted by Gasteiger charge is 2.10. The normalized spacial score (nSPS) is 10.1. The Bertz CT molecular complexity index is 553. The molecule has 2 aromatic rings. The van der Waals surface area contributed by atoms with Crippen LogP contribution in [0.5, 0.6) is 0 Å². The van der Waals surface area contributed by atoms with Crippen LogP contribution < -0.4 is 11.1 Å². The molecule has 0 spiro atoms. The molecule has 0 atom stereocenters. The van der Waals surface area contributed by atoms with Crippen LogP contribution in [0.4, 0.5) is 11.4 Å². The fourth-order valence-electron chi connectivity index (χ4n) is 1.74. The monoisotopic (exact) mass is 274 g/mol. The molecular formula is C14H14N2S2. The zero-order valence-corrected chi connectivity index (χ0v) is 11.6. The number of thioether (sulfide) groups is 1. The van der Waals surface area contributed by atoms with Gasteiger partial charge in [-0.2, -0.15) is 0 Å². The van der Waals surface area contributed by atoms with E-state index in [4.69, 9.17) is 18.0 Å². The third-order valence-corrected chi connectivity index (χ3v) is 3.53. The molecule has 18 heavy (non-hydrogen) atoms. The maximum atomic E-state index is 5.82. The number of rotatable bonds is 4. The van der Waals surface area contributed by atoms with Crippen molar-refractivity contribution >= 4 is 40.3 Å². The number of benzene rings is 2. The lowest BCUT2D eigenvalue weighted by molar-refractivity contribution is 1.40. The molecular weight excluding hydrogens is 260 g/mol. The summed E-state index contributed by atoms with van der Waals surface area (Å²) in [7, 11) is 0. The summed E-state index contributed by atoms with van der Waals surface area (Å²) in [6, 6.07) is 16.0. The van der Waals surface area contributed by atoms with Crippen molar-refractivity contribution in [2.24, 2.45) is 5.73 Å². The molecule has 4 heteroatoms. The van der Waals surface area contributed by atoms with Gasteiger partial charge in [0.1, 0.15) is 4.99 Å². The summed E-state index contributed by atoms with van der Waals surface area (Å²) in [5, 5.41) is 3.35. The van der Waals surface area contributed by atoms with E-state index in [9.17, 15) is 0 Å². The Labute approximate surface area is 117 Å². The Morgan fingerprint density at radius 3 is 2.44 bits per heavy atom. The zero-order valence-electron chi connectivity index (χ0n) is 10.0. The van der Waals surface area contributed by atoms with Gasteiger partial charge in [-0.05, 0) is 30.5 Å². The Hall–Kier alpha value is -1.52. The lowest BCUT2D eigenvalue weighted by Crippen LogP contribution is -2.13. The quantitative estimate of drug-likeness (QED) is 0.657. The van der Waals surface area contributed by atoms with Crippen LogP contribution in [0, 0.1) is 0 Å². The van der Waals surface area contributed by atoms with E-state index in [0.717, 1.165) is 21.8 Å². The molecule has 2 rings (SSSR count). The van der Waals surface area contributed by atoms with Crippen molar-refractivity contribution in [1.82, 2.24) is 0 Å². The number of hydrogen-bond acceptors (Lipinski definition) is 3. The summed E-state index contributed by atoms with van der Waals surface area (Å²) >= 11 is 6.78. The van der Waals surface area contributed by atoms with E-state index >= 15 is 0 Å². The second-order valence-electron chi connectivity index (χ2n) is 3.74. The summed E-state index contributed by atoms with van der Waals surface area (Å²) in [6.07, 6.45) is 2.02. The fraction of sp³-hybridized carbons (Fsp3) is 0.0714. The molecule has 2 aromatic carbocycles. The highest BCUT2D eigenvalue weighted by molar-refractivity contribution is 7.98. The molecule has 0 amide bonds. The van der Waals surface area contributed by atoms with Crippen LogP contribution in [-0.2, 0) is 0 Å². The van der Waals surface area contributed by atoms with Gasteiger partial charge in [0.25, 0.3) is 0 Å². The van der Waals surface area contributed by atoms with E-state index in [-0.39, 0.29) is 0 Å². The van der Waals surface area contributed by atoms with E-state index in [2.05, 4.69) is 5.32 Å². The molecule has 92 valence electrons. The minimum absolute atomic E-state index is 0.415. The molecule has 3 N–H and O–H groups in total. The van der Waals surface area contributed by atoms with Gasteiger partial charge in [-0.3, -0.25) is 0 Å². The maximum Gasteiger partial charge on any atom is 0.107 e. The van der Waals surface area contributed by atoms with Gasteiger partial charge in [-0.1, -0.05) is 36.5 Å². The van der Waals surface area contributed by atoms with E-state index in [1.165, 1.54) is 0 Å². The highest BCUT2D eigenvalue weighted by Crippen LogP contribution is 2.29. The van der Waals surface area contributed by atoms with Gasteiger partial charge >= 0.3 is 0 Å². The summed E-state index contributed by atoms with van der Waals surface area (Å²) in [5.74, 6) is 0. The minimum Gasteiger partial charge on any atom is -0.389 e. The molecule has 0 fully saturated rings. The molecule has 0 saturated carbocycles. The SMILES string of the molecule is CSc1cccc(Nc2ccccc2)c1C(N)=S. The van der Waals surface area contributed by atoms with Crippen LogP contribution in [0.25, 0.3) is 0 Å². The Kier molecular flexibility index (Phi) is 4.23. The maximum absolute atomic E-state index is 5.82. The number of para-hydroxylation sites is 1. The van der Waals surface area contributed by atoms with Crippen LogP contribution in [-0.4, -0.2) is 11.2 Å². The molecule has 0 saturated heterocycles. The molecule has 0 aromatic heterocycles. The Morgan fingerprint density at radius 2 is 1.83 bits per heavy atom. The molecule has 0 heterocycles. The van der Waals surface area contributed by atoms with Crippen molar-refractivity contribution in [2.45, 2.75) is 4.90 Å². The van der Waals surface area contributed by atoms with E-state index in [1.807, 2.05) is 54.8 Å². The molecule has 0 radical (unpaired) electrons. The second-order valence-corrected chi connectivity index (χ2v) is 5.03. The van der Waals surface area contributed by atoms with Gasteiger partial charge in [-0.15, -0.1) is 11.8 Å². The molecule has 0 aliphatic carbocycles. The van der Waals surface area contributed by atoms with Crippen molar-refractivity contribution in [1.29, 1.82) is 0 Å². The number of hydrogen-bond donors (Lipinski definition) is 2. The standard InChI is InChI=1S/C14H14N2S2/c1-18-12-9-5-8-11(13(12)14(15)17)16-10-6-3-2-4-7-10/h2-9,16H,1H3,(H2,15,17). The van der Waals surface area contributed by atoms with E-state index in [1.54, 1.807) is 11.8 Å². The topological polar surface area (TPSA) is 38.0 Å². The Balaban J connectivity index is 2.42. The predicted octanol–water partition coefficient (Wildman–Crippen LogP) is 3.79. The summed E-state index contributed by atoms with van der Waals surface area (Å²) in [5.41, 5.74) is 8.70. The summed E-state index contributed by atoms with van der Waals surface area (Å²) < 4.78 is 0. The highest BCUT2D eigenvalue weighted by atomic mass is 32.2. The first-order chi connectivity index (χ1) is 8.72. The third-order valence-electron chi connectivity index (χ3n) is 2.55. The van der Waals surface area contributed by atoms with Crippen LogP contribution >= 0.6 is 24.0 Å². The first-order valence-corrected chi connectivity index (χ1v) is 7.14. The van der Waals surface area contributed by atoms with Gasteiger partial charge in [0.05, 0.1) is 0 Å². The fourth-order valence-corrected chi connectivity index (χ4v) is 2.66. The van der Waals surface area contributed by atoms with Gasteiger partial charge < -0.3 is 11.1 Å². The van der Waals surface area contributed by atoms with E-state index in [0.29, 0.717) is 4.99 Å². The third kappa shape index (κ3) is 2.83. The molecule has 0 unspecified atom stereocenters. The van der Waals surface area contributed by atoms with Crippen molar-refractivity contribution in [3.63, 3.8) is 0 Å². The zero-order chi connectivity index (χ0) is 13.0.